The number of hydrogen-bond acceptors (Lipinski definition) is 2. The van der Waals surface area contributed by atoms with E-state index in [9.17, 15) is 24.7 Å². The van der Waals surface area contributed by atoms with E-state index in [0.29, 0.717) is 78.4 Å². The molecule has 0 amide bonds. The summed E-state index contributed by atoms with van der Waals surface area (Å²) >= 11 is -1.22. The Morgan fingerprint density at radius 1 is 0.371 bits per heavy atom. The summed E-state index contributed by atoms with van der Waals surface area (Å²) in [4.78, 5) is 3.91. The first-order valence-electron chi connectivity index (χ1n) is 45.8. The van der Waals surface area contributed by atoms with Crippen LogP contribution in [0.3, 0.4) is 0 Å². The van der Waals surface area contributed by atoms with Crippen LogP contribution in [0.15, 0.2) is 351 Å². The van der Waals surface area contributed by atoms with Gasteiger partial charge in [0.15, 0.2) is 0 Å². The van der Waals surface area contributed by atoms with Crippen molar-refractivity contribution in [2.45, 2.75) is 38.5 Å². The zero-order valence-corrected chi connectivity index (χ0v) is 58.5. The van der Waals surface area contributed by atoms with Gasteiger partial charge in [0.1, 0.15) is 0 Å². The van der Waals surface area contributed by atoms with Gasteiger partial charge in [-0.2, -0.15) is 0 Å². The van der Waals surface area contributed by atoms with Crippen LogP contribution in [0, 0.1) is 0 Å². The molecule has 0 spiro atoms. The summed E-state index contributed by atoms with van der Waals surface area (Å²) in [6, 6.07) is 58.3. The maximum absolute atomic E-state index is 11.9. The zero-order chi connectivity index (χ0) is 88.7. The van der Waals surface area contributed by atoms with Crippen LogP contribution in [0.5, 0.6) is 0 Å². The van der Waals surface area contributed by atoms with Crippen molar-refractivity contribution in [3.05, 3.63) is 385 Å². The summed E-state index contributed by atoms with van der Waals surface area (Å²) in [5.74, 6) is -1.59. The summed E-state index contributed by atoms with van der Waals surface area (Å²) in [6.45, 7) is 6.16. The molecule has 18 aromatic rings. The van der Waals surface area contributed by atoms with Crippen LogP contribution >= 0.6 is 0 Å². The number of aromatic nitrogens is 2. The second-order valence-corrected chi connectivity index (χ2v) is 29.8. The molecule has 0 radical (unpaired) electrons. The van der Waals surface area contributed by atoms with Gasteiger partial charge in [-0.25, -0.2) is 0 Å². The van der Waals surface area contributed by atoms with Crippen LogP contribution in [-0.2, 0) is 11.8 Å². The number of fused-ring (bicyclic) bond motifs is 14. The molecule has 0 bridgehead atoms. The molecule has 105 heavy (non-hydrogen) atoms. The minimum absolute atomic E-state index is 0.00843. The van der Waals surface area contributed by atoms with Gasteiger partial charge >= 0.3 is 409 Å². The van der Waals surface area contributed by atoms with Crippen molar-refractivity contribution in [1.29, 1.82) is 0 Å². The molecule has 0 N–H and O–H groups in total. The van der Waals surface area contributed by atoms with Gasteiger partial charge in [0.2, 0.25) is 0 Å². The van der Waals surface area contributed by atoms with E-state index < -0.39 is 153 Å². The standard InChI is InChI=1S/C100H70N4Se/c1-100(2,3)72-59-90-96-91(60-72)104(98-83(67-38-18-8-19-39-67)56-71(64-32-12-5-13-33-64)57-84(98)68-40-20-9-21-41-68)88-62-74(102-86-48-28-25-45-77(86)95-80-46-26-29-49-92(80)105-99(95)102)51-53-79(88)94(96)78-52-50-73(101-85-47-27-24-44-76(85)93-75-43-23-22-42-69(75)58-89(93)101)61-87(78)103(90)97-81(65-34-14-6-15-35-65)54-70(63-30-10-4-11-31-63)55-82(97)66-36-16-7-17-37-66/h4-57,59-62,94H,58H2,1-3H3/i22D,23D,24D,25D,26D,27D,28D,29D,42D,43D,44D,45D,46D,47D,48D,49D,50D,51D,52D,53D,61D,62D. The summed E-state index contributed by atoms with van der Waals surface area (Å²) in [5, 5.41) is -0.256. The third-order valence-electron chi connectivity index (χ3n) is 20.8. The van der Waals surface area contributed by atoms with Crippen LogP contribution in [0.4, 0.5) is 34.1 Å². The Hall–Kier alpha value is -12.5. The summed E-state index contributed by atoms with van der Waals surface area (Å²) < 4.78 is 224. The third kappa shape index (κ3) is 9.66. The third-order valence-corrected chi connectivity index (χ3v) is 23.1. The number of para-hydroxylation sites is 2. The van der Waals surface area contributed by atoms with Gasteiger partial charge in [0, 0.05) is 23.1 Å². The second kappa shape index (κ2) is 24.1. The van der Waals surface area contributed by atoms with E-state index in [-0.39, 0.29) is 110 Å². The molecule has 0 saturated heterocycles. The fourth-order valence-electron chi connectivity index (χ4n) is 16.1. The van der Waals surface area contributed by atoms with Gasteiger partial charge < -0.3 is 0 Å². The molecule has 15 aromatic carbocycles. The normalized spacial score (nSPS) is 16.4. The van der Waals surface area contributed by atoms with Crippen molar-refractivity contribution in [1.82, 2.24) is 9.13 Å². The topological polar surface area (TPSA) is 16.3 Å². The Labute approximate surface area is 648 Å². The van der Waals surface area contributed by atoms with Gasteiger partial charge in [-0.05, 0) is 51.6 Å². The number of benzene rings is 15. The van der Waals surface area contributed by atoms with Crippen molar-refractivity contribution in [2.75, 3.05) is 9.80 Å². The van der Waals surface area contributed by atoms with Gasteiger partial charge in [0.25, 0.3) is 0 Å². The zero-order valence-electron chi connectivity index (χ0n) is 78.8. The number of hydrogen-bond donors (Lipinski definition) is 0. The van der Waals surface area contributed by atoms with E-state index in [1.54, 1.807) is 0 Å². The van der Waals surface area contributed by atoms with Gasteiger partial charge in [-0.15, -0.1) is 0 Å². The first-order valence-corrected chi connectivity index (χ1v) is 36.6. The molecule has 0 fully saturated rings. The molecule has 4 nitrogen and oxygen atoms in total. The average Bonchev–Trinajstić information content (AvgIpc) is 1.59. The molecular weight excluding hydrogens is 1340 g/mol. The Morgan fingerprint density at radius 3 is 1.27 bits per heavy atom. The molecule has 3 aliphatic rings. The number of anilines is 6. The summed E-state index contributed by atoms with van der Waals surface area (Å²) in [7, 11) is 0. The summed E-state index contributed by atoms with van der Waals surface area (Å²) in [5.41, 5.74) is 8.73. The Balaban J connectivity index is 1.01. The quantitative estimate of drug-likeness (QED) is 0.127. The Morgan fingerprint density at radius 2 is 0.781 bits per heavy atom. The van der Waals surface area contributed by atoms with Crippen molar-refractivity contribution < 1.29 is 30.2 Å². The Kier molecular flexibility index (Phi) is 9.81. The molecule has 5 heterocycles. The van der Waals surface area contributed by atoms with Crippen LogP contribution in [0.2, 0.25) is 0 Å². The molecule has 1 aliphatic carbocycles. The van der Waals surface area contributed by atoms with E-state index in [1.165, 1.54) is 9.13 Å². The van der Waals surface area contributed by atoms with E-state index in [2.05, 4.69) is 45.0 Å². The van der Waals surface area contributed by atoms with E-state index in [0.717, 1.165) is 22.3 Å². The molecule has 1 unspecified atom stereocenters. The molecule has 1 atom stereocenters. The Bertz CT molecular complexity index is 7790. The predicted molar refractivity (Wildman–Crippen MR) is 442 cm³/mol. The fraction of sp³-hybridized carbons (Fsp3) is 0.0600. The van der Waals surface area contributed by atoms with Crippen molar-refractivity contribution in [3.8, 4) is 89.3 Å². The number of nitrogens with zero attached hydrogens (tertiary/aromatic N) is 4. The van der Waals surface area contributed by atoms with Crippen molar-refractivity contribution >= 4 is 89.9 Å². The van der Waals surface area contributed by atoms with Crippen molar-refractivity contribution in [3.63, 3.8) is 0 Å². The first kappa shape index (κ1) is 42.8. The van der Waals surface area contributed by atoms with Gasteiger partial charge in [-0.1, -0.05) is 151 Å². The monoisotopic (exact) mass is 1430 g/mol. The van der Waals surface area contributed by atoms with E-state index in [1.807, 2.05) is 204 Å². The molecule has 2 aliphatic heterocycles. The molecule has 3 aromatic heterocycles. The SMILES string of the molecule is [2H]c1c([2H])c([2H])c2c(c1[2H])Cc1c-2c2c([2H])c([2H])c([2H])c([2H])c2n1-c1c([2H])c([2H])c2c(c1[2H])N(c1c(-c3ccccc3)cc(-c3ccccc3)cc1-c1ccccc1)c1cc(C(C)(C)C)cc3c1C2c1c([2H])c([2H])c(-n2c4[se]c5c([2H])c([2H])c([2H])c([2H])c5c4c4c([2H])c([2H])c([2H])c([2H])c42)c([2H])c1N3c1c(-c2ccccc2)cc(-c2ccccc2)cc1-c1ccccc1. The molecule has 21 rings (SSSR count). The minimum atomic E-state index is -1.59. The van der Waals surface area contributed by atoms with Gasteiger partial charge in [0.05, 0.1) is 16.5 Å². The van der Waals surface area contributed by atoms with E-state index >= 15 is 0 Å². The number of rotatable bonds is 10. The molecule has 5 heteroatoms. The fourth-order valence-corrected chi connectivity index (χ4v) is 18.5. The van der Waals surface area contributed by atoms with Gasteiger partial charge in [-0.3, -0.25) is 0 Å². The van der Waals surface area contributed by atoms with E-state index in [4.69, 9.17) is 5.48 Å². The first-order chi connectivity index (χ1) is 60.9. The van der Waals surface area contributed by atoms with Crippen LogP contribution in [-0.4, -0.2) is 23.6 Å². The predicted octanol–water partition coefficient (Wildman–Crippen LogP) is 26.6. The van der Waals surface area contributed by atoms with Crippen molar-refractivity contribution in [2.24, 2.45) is 0 Å². The van der Waals surface area contributed by atoms with Crippen LogP contribution < -0.4 is 9.80 Å². The van der Waals surface area contributed by atoms with Crippen LogP contribution in [0.1, 0.15) is 90.4 Å². The average molecular weight is 1430 g/mol. The molecule has 496 valence electrons. The second-order valence-electron chi connectivity index (χ2n) is 27.7. The summed E-state index contributed by atoms with van der Waals surface area (Å²) in [6.07, 6.45) is -0.339. The van der Waals surface area contributed by atoms with Crippen LogP contribution in [0.25, 0.3) is 130 Å². The molecule has 0 saturated carbocycles. The maximum atomic E-state index is 11.9. The molecular formula is C100H70N4Se.